The molecule has 0 aliphatic carbocycles. The van der Waals surface area contributed by atoms with E-state index in [0.717, 1.165) is 24.3 Å². The van der Waals surface area contributed by atoms with E-state index in [1.807, 2.05) is 0 Å². The Morgan fingerprint density at radius 3 is 1.75 bits per heavy atom. The van der Waals surface area contributed by atoms with Crippen molar-refractivity contribution < 1.29 is 15.7 Å². The van der Waals surface area contributed by atoms with E-state index >= 15 is 0 Å². The van der Waals surface area contributed by atoms with E-state index in [9.17, 15) is 9.59 Å². The molecule has 4 radical (unpaired) electrons. The molecular formula is C8H12O4S2Sn2. The summed E-state index contributed by atoms with van der Waals surface area (Å²) < 4.78 is 10.4. The normalized spacial score (nSPS) is 21.8. The summed E-state index contributed by atoms with van der Waals surface area (Å²) in [6.45, 7) is 0. The van der Waals surface area contributed by atoms with Gasteiger partial charge in [0.25, 0.3) is 0 Å². The molecule has 8 heteroatoms. The maximum atomic E-state index is 11.2. The fourth-order valence-corrected chi connectivity index (χ4v) is 9.04. The SMILES string of the molecule is O=C1CCC[S][Sn][O]C(=O)CCC[S][Sn][O]1. The number of carbonyl (C=O) groups is 2. The fraction of sp³-hybridized carbons (Fsp3) is 0.750. The molecule has 16 heavy (non-hydrogen) atoms. The van der Waals surface area contributed by atoms with Crippen molar-refractivity contribution in [3.05, 3.63) is 0 Å². The molecule has 1 fully saturated rings. The van der Waals surface area contributed by atoms with Gasteiger partial charge in [-0.25, -0.2) is 0 Å². The third kappa shape index (κ3) is 8.35. The van der Waals surface area contributed by atoms with Gasteiger partial charge < -0.3 is 0 Å². The van der Waals surface area contributed by atoms with Gasteiger partial charge in [-0.2, -0.15) is 0 Å². The molecule has 1 aliphatic rings. The molecule has 0 amide bonds. The Labute approximate surface area is 122 Å². The van der Waals surface area contributed by atoms with E-state index in [1.54, 1.807) is 17.9 Å². The van der Waals surface area contributed by atoms with Gasteiger partial charge in [-0.3, -0.25) is 0 Å². The first-order valence-corrected chi connectivity index (χ1v) is 16.2. The molecule has 4 nitrogen and oxygen atoms in total. The second kappa shape index (κ2) is 10.2. The average Bonchev–Trinajstić information content (AvgIpc) is 2.27. The van der Waals surface area contributed by atoms with E-state index < -0.39 is 40.3 Å². The van der Waals surface area contributed by atoms with Crippen LogP contribution in [0, 0.1) is 0 Å². The molecule has 0 aromatic heterocycles. The molecule has 0 N–H and O–H groups in total. The zero-order valence-electron chi connectivity index (χ0n) is 8.69. The summed E-state index contributed by atoms with van der Waals surface area (Å²) in [6, 6.07) is 0. The topological polar surface area (TPSA) is 52.6 Å². The minimum absolute atomic E-state index is 0.0424. The van der Waals surface area contributed by atoms with Crippen LogP contribution in [0.1, 0.15) is 25.7 Å². The molecular weight excluding hydrogens is 462 g/mol. The van der Waals surface area contributed by atoms with Gasteiger partial charge in [0, 0.05) is 0 Å². The molecule has 1 rings (SSSR count). The van der Waals surface area contributed by atoms with Gasteiger partial charge in [0.1, 0.15) is 0 Å². The Kier molecular flexibility index (Phi) is 9.74. The maximum absolute atomic E-state index is 11.2. The van der Waals surface area contributed by atoms with Crippen molar-refractivity contribution in [1.82, 2.24) is 0 Å². The number of carbonyl (C=O) groups excluding carboxylic acids is 2. The van der Waals surface area contributed by atoms with Gasteiger partial charge in [0.05, 0.1) is 0 Å². The van der Waals surface area contributed by atoms with Gasteiger partial charge >= 0.3 is 123 Å². The van der Waals surface area contributed by atoms with E-state index in [0.29, 0.717) is 12.8 Å². The average molecular weight is 474 g/mol. The fourth-order valence-electron chi connectivity index (χ4n) is 0.915. The third-order valence-corrected chi connectivity index (χ3v) is 11.3. The van der Waals surface area contributed by atoms with E-state index in [-0.39, 0.29) is 11.9 Å². The van der Waals surface area contributed by atoms with Crippen LogP contribution in [0.2, 0.25) is 0 Å². The van der Waals surface area contributed by atoms with Crippen molar-refractivity contribution in [2.45, 2.75) is 25.7 Å². The Morgan fingerprint density at radius 2 is 1.31 bits per heavy atom. The summed E-state index contributed by atoms with van der Waals surface area (Å²) in [4.78, 5) is 22.5. The van der Waals surface area contributed by atoms with E-state index in [1.165, 1.54) is 0 Å². The van der Waals surface area contributed by atoms with E-state index in [2.05, 4.69) is 0 Å². The van der Waals surface area contributed by atoms with Gasteiger partial charge in [-0.1, -0.05) is 0 Å². The first-order valence-electron chi connectivity index (χ1n) is 4.92. The Hall–Kier alpha value is 1.24. The molecule has 0 bridgehead atoms. The van der Waals surface area contributed by atoms with Crippen LogP contribution < -0.4 is 0 Å². The van der Waals surface area contributed by atoms with Gasteiger partial charge in [0.15, 0.2) is 0 Å². The third-order valence-electron chi connectivity index (χ3n) is 1.68. The molecule has 1 saturated heterocycles. The Morgan fingerprint density at radius 1 is 0.875 bits per heavy atom. The second-order valence-corrected chi connectivity index (χ2v) is 13.7. The molecule has 1 aliphatic heterocycles. The first-order chi connectivity index (χ1) is 7.79. The molecule has 1 heterocycles. The van der Waals surface area contributed by atoms with Gasteiger partial charge in [0.2, 0.25) is 0 Å². The predicted octanol–water partition coefficient (Wildman–Crippen LogP) is 1.18. The molecule has 0 spiro atoms. The predicted molar refractivity (Wildman–Crippen MR) is 67.1 cm³/mol. The molecule has 0 aromatic rings. The summed E-state index contributed by atoms with van der Waals surface area (Å²) >= 11 is -2.09. The van der Waals surface area contributed by atoms with Crippen molar-refractivity contribution in [3.63, 3.8) is 0 Å². The van der Waals surface area contributed by atoms with Crippen LogP contribution >= 0.6 is 17.9 Å². The minimum atomic E-state index is -1.04. The van der Waals surface area contributed by atoms with Crippen molar-refractivity contribution in [1.29, 1.82) is 0 Å². The van der Waals surface area contributed by atoms with Crippen molar-refractivity contribution in [2.24, 2.45) is 0 Å². The molecule has 0 atom stereocenters. The monoisotopic (exact) mass is 476 g/mol. The quantitative estimate of drug-likeness (QED) is 0.493. The summed E-state index contributed by atoms with van der Waals surface area (Å²) in [5.74, 6) is 1.73. The Balaban J connectivity index is 2.23. The first kappa shape index (κ1) is 15.3. The van der Waals surface area contributed by atoms with Gasteiger partial charge in [-0.05, 0) is 0 Å². The molecule has 0 saturated carbocycles. The number of hydrogen-bond acceptors (Lipinski definition) is 6. The van der Waals surface area contributed by atoms with Crippen LogP contribution in [0.25, 0.3) is 0 Å². The van der Waals surface area contributed by atoms with Crippen LogP contribution in [0.15, 0.2) is 0 Å². The van der Waals surface area contributed by atoms with Crippen LogP contribution in [0.5, 0.6) is 0 Å². The van der Waals surface area contributed by atoms with Crippen molar-refractivity contribution >= 4 is 70.2 Å². The van der Waals surface area contributed by atoms with Crippen molar-refractivity contribution in [2.75, 3.05) is 11.5 Å². The molecule has 88 valence electrons. The second-order valence-electron chi connectivity index (χ2n) is 3.02. The summed E-state index contributed by atoms with van der Waals surface area (Å²) in [5, 5.41) is 0. The van der Waals surface area contributed by atoms with Crippen LogP contribution in [-0.4, -0.2) is 63.8 Å². The standard InChI is InChI=1S/2C4H8O2S.2Sn/c2*5-4(6)2-1-3-7;;/h2*7H,1-3H2,(H,5,6);;/q;;2*+2/p-4. The summed E-state index contributed by atoms with van der Waals surface area (Å²) in [7, 11) is 3.43. The van der Waals surface area contributed by atoms with Crippen LogP contribution in [0.3, 0.4) is 0 Å². The van der Waals surface area contributed by atoms with Crippen LogP contribution in [0.4, 0.5) is 0 Å². The number of hydrogen-bond donors (Lipinski definition) is 0. The molecule has 0 aromatic carbocycles. The summed E-state index contributed by atoms with van der Waals surface area (Å²) in [5.41, 5.74) is 0. The zero-order chi connectivity index (χ0) is 11.6. The van der Waals surface area contributed by atoms with Crippen LogP contribution in [-0.2, 0) is 15.7 Å². The molecule has 0 unspecified atom stereocenters. The van der Waals surface area contributed by atoms with Gasteiger partial charge in [-0.15, -0.1) is 0 Å². The Bertz CT molecular complexity index is 196. The van der Waals surface area contributed by atoms with Crippen molar-refractivity contribution in [3.8, 4) is 0 Å². The van der Waals surface area contributed by atoms with E-state index in [4.69, 9.17) is 6.15 Å². The number of rotatable bonds is 0. The summed E-state index contributed by atoms with van der Waals surface area (Å²) in [6.07, 6.45) is 2.71. The zero-order valence-corrected chi connectivity index (χ0v) is 16.0.